The molecule has 0 bridgehead atoms. The second-order valence-corrected chi connectivity index (χ2v) is 1.52. The van der Waals surface area contributed by atoms with Crippen LogP contribution in [0.3, 0.4) is 0 Å². The van der Waals surface area contributed by atoms with E-state index >= 15 is 0 Å². The fraction of sp³-hybridized carbons (Fsp3) is 0. The van der Waals surface area contributed by atoms with Gasteiger partial charge in [0.15, 0.2) is 0 Å². The minimum atomic E-state index is 1.47. The summed E-state index contributed by atoms with van der Waals surface area (Å²) in [4.78, 5) is 0. The molecular weight excluding hydrogens is 158 g/mol. The summed E-state index contributed by atoms with van der Waals surface area (Å²) < 4.78 is 0. The van der Waals surface area contributed by atoms with Gasteiger partial charge in [-0.25, -0.2) is 0 Å². The highest BCUT2D eigenvalue weighted by molar-refractivity contribution is 4.69. The van der Waals surface area contributed by atoms with E-state index in [0.29, 0.717) is 0 Å². The third kappa shape index (κ3) is 3.88. The molecule has 0 unspecified atom stereocenters. The van der Waals surface area contributed by atoms with Crippen molar-refractivity contribution >= 4 is 0 Å². The Bertz CT molecular complexity index is 187. The largest absolute Gasteiger partial charge is 0.139 e. The summed E-state index contributed by atoms with van der Waals surface area (Å²) in [6.45, 7) is 0. The predicted molar refractivity (Wildman–Crippen MR) is 37.4 cm³/mol. The lowest BCUT2D eigenvalue weighted by Gasteiger charge is -1.68. The zero-order chi connectivity index (χ0) is 8.49. The Balaban J connectivity index is 0.000000120. The first-order valence-corrected chi connectivity index (χ1v) is 3.03. The van der Waals surface area contributed by atoms with E-state index in [1.807, 2.05) is 0 Å². The normalized spacial score (nSPS) is 8.00. The Kier molecular flexibility index (Phi) is 3.83. The fourth-order valence-electron chi connectivity index (χ4n) is 0.370. The first-order chi connectivity index (χ1) is 6.00. The highest BCUT2D eigenvalue weighted by Crippen LogP contribution is 1.61. The van der Waals surface area contributed by atoms with Crippen molar-refractivity contribution in [3.8, 4) is 0 Å². The fourth-order valence-corrected chi connectivity index (χ4v) is 0.370. The van der Waals surface area contributed by atoms with E-state index in [0.717, 1.165) is 0 Å². The van der Waals surface area contributed by atoms with Gasteiger partial charge >= 0.3 is 0 Å². The minimum Gasteiger partial charge on any atom is -0.139 e. The van der Waals surface area contributed by atoms with E-state index in [1.165, 1.54) is 12.4 Å². The number of hydrogen-bond donors (Lipinski definition) is 0. The molecule has 0 atom stereocenters. The molecule has 0 radical (unpaired) electrons. The molecule has 0 aliphatic rings. The van der Waals surface area contributed by atoms with E-state index in [1.54, 1.807) is 18.5 Å². The average molecular weight is 163 g/mol. The summed E-state index contributed by atoms with van der Waals surface area (Å²) in [5.41, 5.74) is 0. The first-order valence-electron chi connectivity index (χ1n) is 3.03. The molecule has 2 heterocycles. The maximum atomic E-state index is 3.42. The van der Waals surface area contributed by atoms with Gasteiger partial charge in [0.2, 0.25) is 0 Å². The van der Waals surface area contributed by atoms with Gasteiger partial charge in [-0.05, 0) is 21.7 Å². The van der Waals surface area contributed by atoms with Crippen molar-refractivity contribution in [2.45, 2.75) is 0 Å². The first kappa shape index (κ1) is 8.05. The molecule has 2 rings (SSSR count). The third-order valence-corrected chi connectivity index (χ3v) is 0.752. The third-order valence-electron chi connectivity index (χ3n) is 0.752. The van der Waals surface area contributed by atoms with Crippen molar-refractivity contribution in [3.63, 3.8) is 0 Å². The van der Waals surface area contributed by atoms with Gasteiger partial charge in [0.25, 0.3) is 0 Å². The summed E-state index contributed by atoms with van der Waals surface area (Å²) >= 11 is 0. The van der Waals surface area contributed by atoms with E-state index in [2.05, 4.69) is 36.0 Å². The zero-order valence-electron chi connectivity index (χ0n) is 6.02. The van der Waals surface area contributed by atoms with Gasteiger partial charge in [-0.1, -0.05) is 0 Å². The number of rotatable bonds is 0. The molecule has 2 aromatic heterocycles. The number of hydrogen-bond acceptors (Lipinski definition) is 7. The van der Waals surface area contributed by atoms with Crippen LogP contribution in [0.15, 0.2) is 30.9 Å². The summed E-state index contributed by atoms with van der Waals surface area (Å²) in [7, 11) is 0. The number of aromatic nitrogens is 7. The van der Waals surface area contributed by atoms with E-state index in [9.17, 15) is 0 Å². The van der Waals surface area contributed by atoms with Crippen molar-refractivity contribution in [3.05, 3.63) is 30.9 Å². The van der Waals surface area contributed by atoms with Crippen LogP contribution in [0, 0.1) is 0 Å². The molecule has 7 heteroatoms. The molecule has 0 aromatic carbocycles. The lowest BCUT2D eigenvalue weighted by atomic mass is 10.7. The summed E-state index contributed by atoms with van der Waals surface area (Å²) in [5, 5.41) is 23.2. The minimum absolute atomic E-state index is 1.47. The molecule has 0 amide bonds. The molecule has 0 N–H and O–H groups in total. The molecule has 0 aliphatic carbocycles. The van der Waals surface area contributed by atoms with Gasteiger partial charge in [-0.3, -0.25) is 0 Å². The van der Waals surface area contributed by atoms with Crippen molar-refractivity contribution in [1.82, 2.24) is 36.0 Å². The topological polar surface area (TPSA) is 90.2 Å². The Labute approximate surface area is 67.9 Å². The quantitative estimate of drug-likeness (QED) is 0.499. The van der Waals surface area contributed by atoms with Gasteiger partial charge < -0.3 is 0 Å². The lowest BCUT2D eigenvalue weighted by molar-refractivity contribution is 0.761. The van der Waals surface area contributed by atoms with Crippen LogP contribution in [0.1, 0.15) is 0 Å². The molecule has 60 valence electrons. The van der Waals surface area contributed by atoms with Gasteiger partial charge in [-0.2, -0.15) is 0 Å². The highest BCUT2D eigenvalue weighted by Gasteiger charge is 1.61. The molecule has 12 heavy (non-hydrogen) atoms. The monoisotopic (exact) mass is 163 g/mol. The SMILES string of the molecule is c1cnnnc1.c1cnnnn1. The highest BCUT2D eigenvalue weighted by atomic mass is 15.4. The molecule has 2 aromatic rings. The molecule has 0 aliphatic heterocycles. The van der Waals surface area contributed by atoms with Gasteiger partial charge in [0, 0.05) is 0 Å². The molecule has 0 fully saturated rings. The molecule has 0 saturated heterocycles. The molecule has 7 nitrogen and oxygen atoms in total. The van der Waals surface area contributed by atoms with E-state index < -0.39 is 0 Å². The molecule has 0 saturated carbocycles. The lowest BCUT2D eigenvalue weighted by Crippen LogP contribution is -1.84. The summed E-state index contributed by atoms with van der Waals surface area (Å²) in [6.07, 6.45) is 6.08. The second-order valence-electron chi connectivity index (χ2n) is 1.52. The molecular formula is C5H5N7. The van der Waals surface area contributed by atoms with Crippen molar-refractivity contribution in [2.24, 2.45) is 0 Å². The van der Waals surface area contributed by atoms with Crippen LogP contribution >= 0.6 is 0 Å². The van der Waals surface area contributed by atoms with Crippen molar-refractivity contribution in [1.29, 1.82) is 0 Å². The van der Waals surface area contributed by atoms with Crippen LogP contribution < -0.4 is 0 Å². The predicted octanol–water partition coefficient (Wildman–Crippen LogP) is -0.862. The second kappa shape index (κ2) is 5.71. The summed E-state index contributed by atoms with van der Waals surface area (Å²) in [5.74, 6) is 0. The summed E-state index contributed by atoms with van der Waals surface area (Å²) in [6, 6.07) is 1.72. The maximum absolute atomic E-state index is 3.42. The van der Waals surface area contributed by atoms with Crippen LogP contribution in [-0.4, -0.2) is 36.0 Å². The zero-order valence-corrected chi connectivity index (χ0v) is 6.02. The van der Waals surface area contributed by atoms with Gasteiger partial charge in [0.05, 0.1) is 24.8 Å². The van der Waals surface area contributed by atoms with Crippen LogP contribution in [-0.2, 0) is 0 Å². The van der Waals surface area contributed by atoms with Crippen molar-refractivity contribution < 1.29 is 0 Å². The van der Waals surface area contributed by atoms with Crippen LogP contribution in [0.25, 0.3) is 0 Å². The molecule has 0 spiro atoms. The maximum Gasteiger partial charge on any atom is 0.0716 e. The smallest absolute Gasteiger partial charge is 0.0716 e. The van der Waals surface area contributed by atoms with Gasteiger partial charge in [-0.15, -0.1) is 20.4 Å². The Hall–Kier alpha value is -2.05. The van der Waals surface area contributed by atoms with E-state index in [-0.39, 0.29) is 0 Å². The van der Waals surface area contributed by atoms with Gasteiger partial charge in [0.1, 0.15) is 0 Å². The average Bonchev–Trinajstić information content (AvgIpc) is 2.24. The van der Waals surface area contributed by atoms with E-state index in [4.69, 9.17) is 0 Å². The standard InChI is InChI=1S/C3H3N3.C2H2N4/c2*1-2-4-6-5-3-1/h1-3H;1-2H. The van der Waals surface area contributed by atoms with Crippen molar-refractivity contribution in [2.75, 3.05) is 0 Å². The van der Waals surface area contributed by atoms with Crippen LogP contribution in [0.5, 0.6) is 0 Å². The Morgan fingerprint density at radius 1 is 0.500 bits per heavy atom. The van der Waals surface area contributed by atoms with Crippen LogP contribution in [0.4, 0.5) is 0 Å². The van der Waals surface area contributed by atoms with Crippen LogP contribution in [0.2, 0.25) is 0 Å². The Morgan fingerprint density at radius 3 is 1.17 bits per heavy atom. The number of nitrogens with zero attached hydrogens (tertiary/aromatic N) is 7. The Morgan fingerprint density at radius 2 is 1.00 bits per heavy atom.